The predicted octanol–water partition coefficient (Wildman–Crippen LogP) is 8.03. The van der Waals surface area contributed by atoms with Gasteiger partial charge in [0, 0.05) is 0 Å². The van der Waals surface area contributed by atoms with E-state index in [9.17, 15) is 18.3 Å². The Morgan fingerprint density at radius 2 is 1.71 bits per heavy atom. The van der Waals surface area contributed by atoms with Crippen LogP contribution in [0.2, 0.25) is 0 Å². The number of rotatable bonds is 7. The number of aryl methyl sites for hydroxylation is 1. The molecule has 0 aliphatic heterocycles. The molecule has 0 aromatic heterocycles. The second-order valence-electron chi connectivity index (χ2n) is 9.96. The summed E-state index contributed by atoms with van der Waals surface area (Å²) in [5, 5.41) is 11.5. The Bertz CT molecular complexity index is 1020. The van der Waals surface area contributed by atoms with Crippen LogP contribution in [-0.4, -0.2) is 17.4 Å². The van der Waals surface area contributed by atoms with Crippen LogP contribution in [0, 0.1) is 17.8 Å². The highest BCUT2D eigenvalue weighted by Gasteiger charge is 2.44. The van der Waals surface area contributed by atoms with E-state index in [1.165, 1.54) is 30.9 Å². The number of hydrogen-bond acceptors (Lipinski definition) is 1. The van der Waals surface area contributed by atoms with Crippen LogP contribution in [0.4, 0.5) is 13.2 Å². The average molecular weight is 469 g/mol. The summed E-state index contributed by atoms with van der Waals surface area (Å²) >= 11 is 0. The maximum Gasteiger partial charge on any atom is 0.399 e. The van der Waals surface area contributed by atoms with Crippen molar-refractivity contribution in [1.29, 1.82) is 0 Å². The van der Waals surface area contributed by atoms with Gasteiger partial charge in [-0.1, -0.05) is 100 Å². The van der Waals surface area contributed by atoms with Gasteiger partial charge in [-0.3, -0.25) is 0 Å². The van der Waals surface area contributed by atoms with Gasteiger partial charge in [-0.15, -0.1) is 0 Å². The maximum absolute atomic E-state index is 14.0. The summed E-state index contributed by atoms with van der Waals surface area (Å²) in [5.74, 6) is -1.05. The standard InChI is InChI=1S/C30H35F3O/c1-3-22-15-10-16-25-26(19-27(30(31,32)33)20(2)29(22)25)28(34)18-24(23-13-8-5-9-14-23)17-21-11-6-4-7-12-21/h4,6-7,10-12,15-16,19,23-24,27-28,34H,2-3,5,8-9,13-14,17-18H2,1H3. The zero-order chi connectivity index (χ0) is 24.3. The Balaban J connectivity index is 1.68. The molecule has 2 aliphatic carbocycles. The molecule has 1 N–H and O–H groups in total. The topological polar surface area (TPSA) is 20.2 Å². The number of benzene rings is 2. The lowest BCUT2D eigenvalue weighted by Crippen LogP contribution is -2.30. The molecule has 0 saturated heterocycles. The van der Waals surface area contributed by atoms with E-state index in [-0.39, 0.29) is 11.5 Å². The number of allylic oxidation sites excluding steroid dienone is 2. The summed E-state index contributed by atoms with van der Waals surface area (Å²) in [6.07, 6.45) is 3.65. The number of hydrogen-bond donors (Lipinski definition) is 1. The SMILES string of the molecule is C=C1c2c(CC)cccc2C(C(O)CC(Cc2ccccc2)C2CCCCC2)=CC1C(F)(F)F. The highest BCUT2D eigenvalue weighted by Crippen LogP contribution is 2.47. The number of aliphatic hydroxyl groups excluding tert-OH is 1. The van der Waals surface area contributed by atoms with E-state index in [2.05, 4.69) is 18.7 Å². The van der Waals surface area contributed by atoms with Gasteiger partial charge in [0.2, 0.25) is 0 Å². The number of alkyl halides is 3. The summed E-state index contributed by atoms with van der Waals surface area (Å²) < 4.78 is 42.0. The molecular formula is C30H35F3O. The van der Waals surface area contributed by atoms with E-state index in [0.29, 0.717) is 35.5 Å². The Hall–Kier alpha value is -2.33. The van der Waals surface area contributed by atoms with Crippen LogP contribution in [0.25, 0.3) is 11.1 Å². The molecule has 2 aromatic rings. The second-order valence-corrected chi connectivity index (χ2v) is 9.96. The molecule has 4 heteroatoms. The molecule has 3 atom stereocenters. The van der Waals surface area contributed by atoms with Crippen LogP contribution >= 0.6 is 0 Å². The normalized spacial score (nSPS) is 21.0. The minimum atomic E-state index is -4.44. The van der Waals surface area contributed by atoms with Crippen LogP contribution in [-0.2, 0) is 12.8 Å². The van der Waals surface area contributed by atoms with E-state index < -0.39 is 18.2 Å². The van der Waals surface area contributed by atoms with Crippen LogP contribution < -0.4 is 0 Å². The van der Waals surface area contributed by atoms with Gasteiger partial charge < -0.3 is 5.11 Å². The van der Waals surface area contributed by atoms with E-state index >= 15 is 0 Å². The van der Waals surface area contributed by atoms with E-state index in [4.69, 9.17) is 0 Å². The Morgan fingerprint density at radius 3 is 2.35 bits per heavy atom. The van der Waals surface area contributed by atoms with E-state index in [1.54, 1.807) is 0 Å². The van der Waals surface area contributed by atoms with Crippen molar-refractivity contribution in [3.8, 4) is 0 Å². The largest absolute Gasteiger partial charge is 0.399 e. The van der Waals surface area contributed by atoms with Crippen LogP contribution in [0.5, 0.6) is 0 Å². The first kappa shape index (κ1) is 24.8. The molecule has 1 saturated carbocycles. The van der Waals surface area contributed by atoms with Crippen molar-refractivity contribution in [2.24, 2.45) is 17.8 Å². The minimum Gasteiger partial charge on any atom is -0.388 e. The molecule has 0 heterocycles. The van der Waals surface area contributed by atoms with Crippen LogP contribution in [0.3, 0.4) is 0 Å². The van der Waals surface area contributed by atoms with Crippen LogP contribution in [0.1, 0.15) is 67.7 Å². The first-order chi connectivity index (χ1) is 16.3. The predicted molar refractivity (Wildman–Crippen MR) is 133 cm³/mol. The zero-order valence-electron chi connectivity index (χ0n) is 20.0. The first-order valence-corrected chi connectivity index (χ1v) is 12.6. The molecule has 3 unspecified atom stereocenters. The van der Waals surface area contributed by atoms with E-state index in [0.717, 1.165) is 24.8 Å². The van der Waals surface area contributed by atoms with Crippen LogP contribution in [0.15, 0.2) is 61.2 Å². The lowest BCUT2D eigenvalue weighted by Gasteiger charge is -2.35. The lowest BCUT2D eigenvalue weighted by molar-refractivity contribution is -0.146. The Morgan fingerprint density at radius 1 is 1.00 bits per heavy atom. The van der Waals surface area contributed by atoms with Crippen molar-refractivity contribution in [2.45, 2.75) is 70.6 Å². The molecule has 2 aliphatic rings. The fourth-order valence-electron chi connectivity index (χ4n) is 6.00. The smallest absolute Gasteiger partial charge is 0.388 e. The summed E-state index contributed by atoms with van der Waals surface area (Å²) in [5.41, 5.74) is 3.85. The van der Waals surface area contributed by atoms with Gasteiger partial charge in [-0.05, 0) is 64.5 Å². The molecule has 1 nitrogen and oxygen atoms in total. The second kappa shape index (κ2) is 10.5. The molecule has 0 amide bonds. The third-order valence-electron chi connectivity index (χ3n) is 7.78. The summed E-state index contributed by atoms with van der Waals surface area (Å²) in [4.78, 5) is 0. The maximum atomic E-state index is 14.0. The highest BCUT2D eigenvalue weighted by molar-refractivity contribution is 5.88. The molecule has 1 fully saturated rings. The molecule has 4 rings (SSSR count). The molecule has 34 heavy (non-hydrogen) atoms. The fourth-order valence-corrected chi connectivity index (χ4v) is 6.00. The lowest BCUT2D eigenvalue weighted by atomic mass is 9.72. The van der Waals surface area contributed by atoms with Crippen molar-refractivity contribution >= 4 is 11.1 Å². The van der Waals surface area contributed by atoms with Gasteiger partial charge in [-0.25, -0.2) is 0 Å². The molecule has 0 spiro atoms. The number of halogens is 3. The van der Waals surface area contributed by atoms with Gasteiger partial charge >= 0.3 is 6.18 Å². The summed E-state index contributed by atoms with van der Waals surface area (Å²) in [7, 11) is 0. The third kappa shape index (κ3) is 5.33. The average Bonchev–Trinajstić information content (AvgIpc) is 2.83. The van der Waals surface area contributed by atoms with Gasteiger partial charge in [0.15, 0.2) is 0 Å². The van der Waals surface area contributed by atoms with E-state index in [1.807, 2.05) is 43.3 Å². The monoisotopic (exact) mass is 468 g/mol. The quantitative estimate of drug-likeness (QED) is 0.436. The van der Waals surface area contributed by atoms with Crippen molar-refractivity contribution in [2.75, 3.05) is 0 Å². The van der Waals surface area contributed by atoms with Gasteiger partial charge in [-0.2, -0.15) is 13.2 Å². The fraction of sp³-hybridized carbons (Fsp3) is 0.467. The van der Waals surface area contributed by atoms with Crippen molar-refractivity contribution < 1.29 is 18.3 Å². The van der Waals surface area contributed by atoms with Crippen molar-refractivity contribution in [3.63, 3.8) is 0 Å². The van der Waals surface area contributed by atoms with Gasteiger partial charge in [0.1, 0.15) is 0 Å². The first-order valence-electron chi connectivity index (χ1n) is 12.6. The highest BCUT2D eigenvalue weighted by atomic mass is 19.4. The molecule has 0 radical (unpaired) electrons. The molecule has 2 aromatic carbocycles. The molecule has 0 bridgehead atoms. The van der Waals surface area contributed by atoms with Crippen molar-refractivity contribution in [1.82, 2.24) is 0 Å². The van der Waals surface area contributed by atoms with Crippen molar-refractivity contribution in [3.05, 3.63) is 83.4 Å². The Labute approximate surface area is 201 Å². The number of aliphatic hydroxyl groups is 1. The Kier molecular flexibility index (Phi) is 7.67. The summed E-state index contributed by atoms with van der Waals surface area (Å²) in [6.45, 7) is 5.79. The minimum absolute atomic E-state index is 0.0871. The number of fused-ring (bicyclic) bond motifs is 1. The molecule has 182 valence electrons. The zero-order valence-corrected chi connectivity index (χ0v) is 20.0. The molecular weight excluding hydrogens is 433 g/mol. The van der Waals surface area contributed by atoms with Gasteiger partial charge in [0.25, 0.3) is 0 Å². The van der Waals surface area contributed by atoms with Gasteiger partial charge in [0.05, 0.1) is 12.0 Å². The summed E-state index contributed by atoms with van der Waals surface area (Å²) in [6, 6.07) is 15.8. The third-order valence-corrected chi connectivity index (χ3v) is 7.78.